The monoisotopic (exact) mass is 390 g/mol. The molecule has 3 rings (SSSR count). The lowest BCUT2D eigenvalue weighted by Gasteiger charge is -2.10. The second kappa shape index (κ2) is 5.50. The van der Waals surface area contributed by atoms with Gasteiger partial charge < -0.3 is 0 Å². The Morgan fingerprint density at radius 3 is 1.60 bits per heavy atom. The summed E-state index contributed by atoms with van der Waals surface area (Å²) in [6.45, 7) is 4.50. The summed E-state index contributed by atoms with van der Waals surface area (Å²) in [6.07, 6.45) is 2.20. The summed E-state index contributed by atoms with van der Waals surface area (Å²) in [5, 5.41) is 0. The molecule has 0 amide bonds. The molecule has 0 unspecified atom stereocenters. The molecule has 0 N–H and O–H groups in total. The van der Waals surface area contributed by atoms with Crippen LogP contribution >= 0.6 is 31.9 Å². The third-order valence-electron chi connectivity index (χ3n) is 4.00. The maximum absolute atomic E-state index is 3.61. The zero-order chi connectivity index (χ0) is 14.3. The van der Waals surface area contributed by atoms with Crippen molar-refractivity contribution in [1.82, 2.24) is 0 Å². The van der Waals surface area contributed by atoms with Gasteiger partial charge in [0, 0.05) is 8.95 Å². The van der Waals surface area contributed by atoms with Crippen molar-refractivity contribution in [1.29, 1.82) is 0 Å². The molecule has 0 spiro atoms. The van der Waals surface area contributed by atoms with Gasteiger partial charge in [0.2, 0.25) is 0 Å². The van der Waals surface area contributed by atoms with Gasteiger partial charge >= 0.3 is 0 Å². The van der Waals surface area contributed by atoms with E-state index < -0.39 is 0 Å². The highest BCUT2D eigenvalue weighted by Crippen LogP contribution is 2.48. The minimum atomic E-state index is 1.10. The van der Waals surface area contributed by atoms with E-state index in [2.05, 4.69) is 82.1 Å². The fourth-order valence-corrected chi connectivity index (χ4v) is 3.77. The number of hydrogen-bond donors (Lipinski definition) is 0. The van der Waals surface area contributed by atoms with Gasteiger partial charge in [-0.15, -0.1) is 0 Å². The van der Waals surface area contributed by atoms with Gasteiger partial charge in [0.25, 0.3) is 0 Å². The van der Waals surface area contributed by atoms with Gasteiger partial charge in [-0.05, 0) is 64.9 Å². The molecular formula is C18H16Br2. The van der Waals surface area contributed by atoms with Crippen LogP contribution in [0.15, 0.2) is 50.9 Å². The zero-order valence-corrected chi connectivity index (χ0v) is 14.8. The Bertz CT molecular complexity index is 652. The molecular weight excluding hydrogens is 376 g/mol. The van der Waals surface area contributed by atoms with Crippen molar-refractivity contribution in [3.05, 3.63) is 62.0 Å². The Hall–Kier alpha value is -0.860. The Balaban J connectivity index is 2.39. The van der Waals surface area contributed by atoms with Crippen molar-refractivity contribution in [3.8, 4) is 11.1 Å². The quantitative estimate of drug-likeness (QED) is 0.449. The Morgan fingerprint density at radius 2 is 1.20 bits per heavy atom. The first kappa shape index (κ1) is 14.1. The molecule has 0 bridgehead atoms. The number of rotatable bonds is 2. The van der Waals surface area contributed by atoms with Gasteiger partial charge in [-0.1, -0.05) is 63.4 Å². The highest BCUT2D eigenvalue weighted by Gasteiger charge is 2.25. The van der Waals surface area contributed by atoms with Crippen molar-refractivity contribution in [3.63, 3.8) is 0 Å². The van der Waals surface area contributed by atoms with Crippen molar-refractivity contribution >= 4 is 37.4 Å². The van der Waals surface area contributed by atoms with Crippen LogP contribution in [0.25, 0.3) is 16.7 Å². The smallest absolute Gasteiger partial charge is 0.0181 e. The van der Waals surface area contributed by atoms with Crippen LogP contribution < -0.4 is 0 Å². The molecule has 0 heterocycles. The van der Waals surface area contributed by atoms with E-state index >= 15 is 0 Å². The molecule has 1 aliphatic rings. The summed E-state index contributed by atoms with van der Waals surface area (Å²) < 4.78 is 2.29. The molecule has 0 saturated carbocycles. The van der Waals surface area contributed by atoms with E-state index in [1.54, 1.807) is 0 Å². The normalized spacial score (nSPS) is 12.3. The first-order valence-corrected chi connectivity index (χ1v) is 8.56. The summed E-state index contributed by atoms with van der Waals surface area (Å²) in [5.41, 5.74) is 8.40. The van der Waals surface area contributed by atoms with Crippen molar-refractivity contribution in [2.24, 2.45) is 0 Å². The average Bonchev–Trinajstić information content (AvgIpc) is 2.74. The third kappa shape index (κ3) is 2.19. The maximum atomic E-state index is 3.61. The summed E-state index contributed by atoms with van der Waals surface area (Å²) in [5.74, 6) is 0. The van der Waals surface area contributed by atoms with Gasteiger partial charge in [-0.25, -0.2) is 0 Å². The van der Waals surface area contributed by atoms with Crippen molar-refractivity contribution < 1.29 is 0 Å². The number of halogens is 2. The number of allylic oxidation sites excluding steroid dienone is 1. The minimum absolute atomic E-state index is 1.10. The lowest BCUT2D eigenvalue weighted by Crippen LogP contribution is -1.89. The molecule has 1 aliphatic carbocycles. The van der Waals surface area contributed by atoms with Crippen LogP contribution in [0.4, 0.5) is 0 Å². The van der Waals surface area contributed by atoms with Crippen LogP contribution in [0, 0.1) is 0 Å². The first-order valence-electron chi connectivity index (χ1n) is 6.98. The van der Waals surface area contributed by atoms with Gasteiger partial charge in [0.05, 0.1) is 0 Å². The summed E-state index contributed by atoms with van der Waals surface area (Å²) >= 11 is 7.23. The third-order valence-corrected chi connectivity index (χ3v) is 4.99. The van der Waals surface area contributed by atoms with Gasteiger partial charge in [-0.2, -0.15) is 0 Å². The zero-order valence-electron chi connectivity index (χ0n) is 11.6. The van der Waals surface area contributed by atoms with Crippen LogP contribution in [0.1, 0.15) is 37.8 Å². The molecule has 2 heteroatoms. The molecule has 0 atom stereocenters. The Morgan fingerprint density at radius 1 is 0.750 bits per heavy atom. The summed E-state index contributed by atoms with van der Waals surface area (Å²) in [7, 11) is 0. The maximum Gasteiger partial charge on any atom is 0.0181 e. The molecule has 0 aromatic heterocycles. The molecule has 102 valence electrons. The largest absolute Gasteiger partial charge is 0.0623 e. The predicted octanol–water partition coefficient (Wildman–Crippen LogP) is 6.81. The topological polar surface area (TPSA) is 0 Å². The van der Waals surface area contributed by atoms with E-state index in [1.165, 1.54) is 33.4 Å². The van der Waals surface area contributed by atoms with Crippen LogP contribution in [0.2, 0.25) is 0 Å². The number of hydrogen-bond acceptors (Lipinski definition) is 0. The standard InChI is InChI=1S/C18H16Br2/c1-3-11(4-2)18-16-9-12(19)5-7-14(16)15-8-6-13(20)10-17(15)18/h5-10H,3-4H2,1-2H3. The summed E-state index contributed by atoms with van der Waals surface area (Å²) in [6, 6.07) is 13.2. The number of fused-ring (bicyclic) bond motifs is 3. The molecule has 0 radical (unpaired) electrons. The fourth-order valence-electron chi connectivity index (χ4n) is 3.05. The van der Waals surface area contributed by atoms with Crippen LogP contribution in [0.5, 0.6) is 0 Å². The molecule has 0 saturated heterocycles. The van der Waals surface area contributed by atoms with Gasteiger partial charge in [-0.3, -0.25) is 0 Å². The Kier molecular flexibility index (Phi) is 3.87. The molecule has 0 nitrogen and oxygen atoms in total. The molecule has 0 fully saturated rings. The van der Waals surface area contributed by atoms with Gasteiger partial charge in [0.1, 0.15) is 0 Å². The first-order chi connectivity index (χ1) is 9.65. The van der Waals surface area contributed by atoms with E-state index in [0.717, 1.165) is 21.8 Å². The van der Waals surface area contributed by atoms with Crippen LogP contribution in [-0.2, 0) is 0 Å². The summed E-state index contributed by atoms with van der Waals surface area (Å²) in [4.78, 5) is 0. The van der Waals surface area contributed by atoms with E-state index in [0.29, 0.717) is 0 Å². The minimum Gasteiger partial charge on any atom is -0.0623 e. The highest BCUT2D eigenvalue weighted by atomic mass is 79.9. The van der Waals surface area contributed by atoms with Crippen molar-refractivity contribution in [2.45, 2.75) is 26.7 Å². The average molecular weight is 392 g/mol. The SMILES string of the molecule is CCC(CC)=C1c2cc(Br)ccc2-c2ccc(Br)cc21. The second-order valence-electron chi connectivity index (χ2n) is 5.07. The van der Waals surface area contributed by atoms with Crippen LogP contribution in [0.3, 0.4) is 0 Å². The molecule has 0 aliphatic heterocycles. The lowest BCUT2D eigenvalue weighted by atomic mass is 9.95. The van der Waals surface area contributed by atoms with E-state index in [-0.39, 0.29) is 0 Å². The number of benzene rings is 2. The molecule has 20 heavy (non-hydrogen) atoms. The van der Waals surface area contributed by atoms with E-state index in [1.807, 2.05) is 0 Å². The molecule has 2 aromatic rings. The molecule has 2 aromatic carbocycles. The Labute approximate surface area is 137 Å². The lowest BCUT2D eigenvalue weighted by molar-refractivity contribution is 0.983. The van der Waals surface area contributed by atoms with Crippen molar-refractivity contribution in [2.75, 3.05) is 0 Å². The fraction of sp³-hybridized carbons (Fsp3) is 0.222. The highest BCUT2D eigenvalue weighted by molar-refractivity contribution is 9.10. The van der Waals surface area contributed by atoms with Crippen LogP contribution in [-0.4, -0.2) is 0 Å². The van der Waals surface area contributed by atoms with E-state index in [4.69, 9.17) is 0 Å². The van der Waals surface area contributed by atoms with Gasteiger partial charge in [0.15, 0.2) is 0 Å². The predicted molar refractivity (Wildman–Crippen MR) is 93.9 cm³/mol. The second-order valence-corrected chi connectivity index (χ2v) is 6.90. The van der Waals surface area contributed by atoms with E-state index in [9.17, 15) is 0 Å².